The predicted molar refractivity (Wildman–Crippen MR) is 100 cm³/mol. The number of pyridine rings is 1. The SMILES string of the molecule is CNC(=O)c1cccc(CNc2cc(C#N)c3cc([N+](=O)[O-])ccc3n2)c1. The minimum atomic E-state index is -0.508. The summed E-state index contributed by atoms with van der Waals surface area (Å²) in [4.78, 5) is 26.5. The second-order valence-electron chi connectivity index (χ2n) is 5.76. The van der Waals surface area contributed by atoms with E-state index in [9.17, 15) is 20.2 Å². The van der Waals surface area contributed by atoms with Crippen molar-refractivity contribution in [1.82, 2.24) is 10.3 Å². The van der Waals surface area contributed by atoms with Crippen LogP contribution in [0.1, 0.15) is 21.5 Å². The van der Waals surface area contributed by atoms with Crippen molar-refractivity contribution < 1.29 is 9.72 Å². The van der Waals surface area contributed by atoms with Crippen molar-refractivity contribution in [3.63, 3.8) is 0 Å². The highest BCUT2D eigenvalue weighted by atomic mass is 16.6. The first-order valence-corrected chi connectivity index (χ1v) is 8.06. The Labute approximate surface area is 154 Å². The molecule has 0 aliphatic heterocycles. The highest BCUT2D eigenvalue weighted by Gasteiger charge is 2.12. The normalized spacial score (nSPS) is 10.2. The Morgan fingerprint density at radius 1 is 1.26 bits per heavy atom. The minimum absolute atomic E-state index is 0.0903. The molecule has 0 saturated heterocycles. The summed E-state index contributed by atoms with van der Waals surface area (Å²) < 4.78 is 0. The van der Waals surface area contributed by atoms with Crippen LogP contribution in [0, 0.1) is 21.4 Å². The number of hydrogen-bond donors (Lipinski definition) is 2. The molecule has 0 saturated carbocycles. The molecular weight excluding hydrogens is 346 g/mol. The zero-order valence-corrected chi connectivity index (χ0v) is 14.4. The molecule has 0 radical (unpaired) electrons. The smallest absolute Gasteiger partial charge is 0.270 e. The second-order valence-corrected chi connectivity index (χ2v) is 5.76. The number of rotatable bonds is 5. The van der Waals surface area contributed by atoms with Crippen molar-refractivity contribution in [3.8, 4) is 6.07 Å². The monoisotopic (exact) mass is 361 g/mol. The lowest BCUT2D eigenvalue weighted by Crippen LogP contribution is -2.18. The number of aromatic nitrogens is 1. The second kappa shape index (κ2) is 7.49. The summed E-state index contributed by atoms with van der Waals surface area (Å²) >= 11 is 0. The topological polar surface area (TPSA) is 121 Å². The number of benzene rings is 2. The lowest BCUT2D eigenvalue weighted by molar-refractivity contribution is -0.384. The van der Waals surface area contributed by atoms with Crippen LogP contribution in [0.5, 0.6) is 0 Å². The number of nitriles is 1. The third-order valence-corrected chi connectivity index (χ3v) is 4.01. The van der Waals surface area contributed by atoms with Crippen LogP contribution in [-0.4, -0.2) is 22.9 Å². The maximum atomic E-state index is 11.7. The lowest BCUT2D eigenvalue weighted by atomic mass is 10.1. The van der Waals surface area contributed by atoms with Crippen LogP contribution in [0.2, 0.25) is 0 Å². The van der Waals surface area contributed by atoms with Gasteiger partial charge in [0.2, 0.25) is 0 Å². The third kappa shape index (κ3) is 3.82. The first-order valence-electron chi connectivity index (χ1n) is 8.06. The van der Waals surface area contributed by atoms with Gasteiger partial charge in [0, 0.05) is 36.7 Å². The zero-order chi connectivity index (χ0) is 19.4. The highest BCUT2D eigenvalue weighted by Crippen LogP contribution is 2.25. The molecule has 2 aromatic carbocycles. The van der Waals surface area contributed by atoms with E-state index >= 15 is 0 Å². The molecule has 0 spiro atoms. The molecule has 0 aliphatic carbocycles. The molecule has 27 heavy (non-hydrogen) atoms. The van der Waals surface area contributed by atoms with Crippen LogP contribution >= 0.6 is 0 Å². The number of nitrogens with zero attached hydrogens (tertiary/aromatic N) is 3. The fourth-order valence-corrected chi connectivity index (χ4v) is 2.67. The van der Waals surface area contributed by atoms with E-state index in [1.165, 1.54) is 18.2 Å². The van der Waals surface area contributed by atoms with Crippen molar-refractivity contribution in [2.45, 2.75) is 6.54 Å². The number of anilines is 1. The lowest BCUT2D eigenvalue weighted by Gasteiger charge is -2.09. The van der Waals surface area contributed by atoms with Gasteiger partial charge < -0.3 is 10.6 Å². The van der Waals surface area contributed by atoms with E-state index in [4.69, 9.17) is 0 Å². The van der Waals surface area contributed by atoms with Crippen molar-refractivity contribution in [3.05, 3.63) is 75.3 Å². The van der Waals surface area contributed by atoms with E-state index in [1.54, 1.807) is 31.3 Å². The van der Waals surface area contributed by atoms with Crippen LogP contribution in [0.15, 0.2) is 48.5 Å². The molecule has 1 amide bonds. The molecule has 3 rings (SSSR count). The van der Waals surface area contributed by atoms with Crippen LogP contribution in [0.25, 0.3) is 10.9 Å². The van der Waals surface area contributed by atoms with E-state index in [0.29, 0.717) is 34.4 Å². The number of nitrogens with one attached hydrogen (secondary N) is 2. The van der Waals surface area contributed by atoms with Crippen LogP contribution in [0.3, 0.4) is 0 Å². The van der Waals surface area contributed by atoms with Crippen molar-refractivity contribution in [2.24, 2.45) is 0 Å². The van der Waals surface area contributed by atoms with Gasteiger partial charge in [0.05, 0.1) is 22.1 Å². The first kappa shape index (κ1) is 17.8. The summed E-state index contributed by atoms with van der Waals surface area (Å²) in [5.41, 5.74) is 2.12. The molecule has 0 fully saturated rings. The number of carbonyl (C=O) groups is 1. The van der Waals surface area contributed by atoms with Gasteiger partial charge in [-0.15, -0.1) is 0 Å². The van der Waals surface area contributed by atoms with E-state index in [0.717, 1.165) is 5.56 Å². The fraction of sp³-hybridized carbons (Fsp3) is 0.105. The van der Waals surface area contributed by atoms with E-state index in [1.807, 2.05) is 6.07 Å². The van der Waals surface area contributed by atoms with Gasteiger partial charge in [-0.1, -0.05) is 12.1 Å². The molecule has 134 valence electrons. The van der Waals surface area contributed by atoms with Gasteiger partial charge in [-0.2, -0.15) is 5.26 Å². The van der Waals surface area contributed by atoms with Gasteiger partial charge >= 0.3 is 0 Å². The van der Waals surface area contributed by atoms with Crippen molar-refractivity contribution in [1.29, 1.82) is 5.26 Å². The Kier molecular flexibility index (Phi) is 4.95. The first-order chi connectivity index (χ1) is 13.0. The van der Waals surface area contributed by atoms with Crippen LogP contribution in [0.4, 0.5) is 11.5 Å². The summed E-state index contributed by atoms with van der Waals surface area (Å²) in [6.45, 7) is 0.404. The van der Waals surface area contributed by atoms with E-state index in [-0.39, 0.29) is 11.6 Å². The Hall–Kier alpha value is -3.99. The predicted octanol–water partition coefficient (Wildman–Crippen LogP) is 2.99. The summed E-state index contributed by atoms with van der Waals surface area (Å²) in [5.74, 6) is 0.298. The number of nitro benzene ring substituents is 1. The van der Waals surface area contributed by atoms with Gasteiger partial charge in [0.1, 0.15) is 5.82 Å². The van der Waals surface area contributed by atoms with Gasteiger partial charge in [-0.3, -0.25) is 14.9 Å². The van der Waals surface area contributed by atoms with Gasteiger partial charge in [-0.25, -0.2) is 4.98 Å². The summed E-state index contributed by atoms with van der Waals surface area (Å²) in [6.07, 6.45) is 0. The Morgan fingerprint density at radius 3 is 2.78 bits per heavy atom. The molecule has 0 atom stereocenters. The Balaban J connectivity index is 1.88. The highest BCUT2D eigenvalue weighted by molar-refractivity contribution is 5.94. The number of amides is 1. The Morgan fingerprint density at radius 2 is 2.07 bits per heavy atom. The molecule has 1 heterocycles. The van der Waals surface area contributed by atoms with Crippen molar-refractivity contribution in [2.75, 3.05) is 12.4 Å². The average Bonchev–Trinajstić information content (AvgIpc) is 2.70. The van der Waals surface area contributed by atoms with E-state index < -0.39 is 4.92 Å². The molecule has 8 heteroatoms. The summed E-state index contributed by atoms with van der Waals surface area (Å²) in [5, 5.41) is 26.4. The number of nitro groups is 1. The summed E-state index contributed by atoms with van der Waals surface area (Å²) in [7, 11) is 1.57. The molecule has 0 aliphatic rings. The third-order valence-electron chi connectivity index (χ3n) is 4.01. The molecule has 8 nitrogen and oxygen atoms in total. The average molecular weight is 361 g/mol. The molecule has 0 bridgehead atoms. The zero-order valence-electron chi connectivity index (χ0n) is 14.4. The van der Waals surface area contributed by atoms with Gasteiger partial charge in [-0.05, 0) is 29.8 Å². The largest absolute Gasteiger partial charge is 0.366 e. The number of non-ortho nitro benzene ring substituents is 1. The molecule has 3 aromatic rings. The number of hydrogen-bond acceptors (Lipinski definition) is 6. The Bertz CT molecular complexity index is 1090. The number of carbonyl (C=O) groups excluding carboxylic acids is 1. The maximum Gasteiger partial charge on any atom is 0.270 e. The fourth-order valence-electron chi connectivity index (χ4n) is 2.67. The van der Waals surface area contributed by atoms with Crippen LogP contribution < -0.4 is 10.6 Å². The maximum absolute atomic E-state index is 11.7. The molecule has 1 aromatic heterocycles. The van der Waals surface area contributed by atoms with Crippen molar-refractivity contribution >= 4 is 28.3 Å². The molecule has 0 unspecified atom stereocenters. The molecule has 2 N–H and O–H groups in total. The van der Waals surface area contributed by atoms with Crippen LogP contribution in [-0.2, 0) is 6.54 Å². The molecular formula is C19H15N5O3. The summed E-state index contributed by atoms with van der Waals surface area (Å²) in [6, 6.07) is 15.0. The van der Waals surface area contributed by atoms with Gasteiger partial charge in [0.15, 0.2) is 0 Å². The standard InChI is InChI=1S/C19H15N5O3/c1-21-19(25)13-4-2-3-12(7-13)11-22-18-8-14(10-20)16-9-15(24(26)27)5-6-17(16)23-18/h2-9H,11H2,1H3,(H,21,25)(H,22,23). The minimum Gasteiger partial charge on any atom is -0.366 e. The quantitative estimate of drug-likeness (QED) is 0.532. The van der Waals surface area contributed by atoms with E-state index in [2.05, 4.69) is 21.7 Å². The van der Waals surface area contributed by atoms with Gasteiger partial charge in [0.25, 0.3) is 11.6 Å². The number of fused-ring (bicyclic) bond motifs is 1.